The van der Waals surface area contributed by atoms with Crippen molar-refractivity contribution in [1.82, 2.24) is 5.32 Å². The summed E-state index contributed by atoms with van der Waals surface area (Å²) < 4.78 is 1.39. The zero-order chi connectivity index (χ0) is 10.5. The van der Waals surface area contributed by atoms with Gasteiger partial charge in [-0.25, -0.2) is 0 Å². The van der Waals surface area contributed by atoms with Gasteiger partial charge in [0.15, 0.2) is 0 Å². The van der Waals surface area contributed by atoms with E-state index in [0.29, 0.717) is 0 Å². The van der Waals surface area contributed by atoms with Crippen LogP contribution in [0.4, 0.5) is 0 Å². The second-order valence-corrected chi connectivity index (χ2v) is 4.84. The Morgan fingerprint density at radius 1 is 1.20 bits per heavy atom. The Labute approximate surface area is 99.9 Å². The molecule has 1 nitrogen and oxygen atoms in total. The molecule has 0 saturated heterocycles. The van der Waals surface area contributed by atoms with Crippen molar-refractivity contribution in [2.45, 2.75) is 6.42 Å². The first-order valence-electron chi connectivity index (χ1n) is 5.18. The van der Waals surface area contributed by atoms with Crippen molar-refractivity contribution in [2.75, 3.05) is 18.8 Å². The largest absolute Gasteiger partial charge is 0.316 e. The molecule has 1 heterocycles. The van der Waals surface area contributed by atoms with Gasteiger partial charge >= 0.3 is 0 Å². The highest BCUT2D eigenvalue weighted by molar-refractivity contribution is 7.80. The van der Waals surface area contributed by atoms with E-state index >= 15 is 0 Å². The van der Waals surface area contributed by atoms with Gasteiger partial charge in [0.05, 0.1) is 0 Å². The minimum Gasteiger partial charge on any atom is -0.316 e. The molecule has 0 spiro atoms. The van der Waals surface area contributed by atoms with Crippen LogP contribution in [0.2, 0.25) is 0 Å². The highest BCUT2D eigenvalue weighted by Gasteiger charge is 2.01. The molecule has 0 bridgehead atoms. The maximum Gasteiger partial charge on any atom is 0.0345 e. The number of thiophene rings is 1. The number of thiol groups is 1. The van der Waals surface area contributed by atoms with E-state index in [4.69, 9.17) is 0 Å². The molecule has 2 aromatic rings. The summed E-state index contributed by atoms with van der Waals surface area (Å²) >= 11 is 6.00. The smallest absolute Gasteiger partial charge is 0.0345 e. The van der Waals surface area contributed by atoms with Crippen molar-refractivity contribution in [1.29, 1.82) is 0 Å². The average Bonchev–Trinajstić information content (AvgIpc) is 2.68. The number of fused-ring (bicyclic) bond motifs is 1. The molecule has 0 saturated carbocycles. The summed E-state index contributed by atoms with van der Waals surface area (Å²) in [6, 6.07) is 8.60. The Morgan fingerprint density at radius 3 is 2.93 bits per heavy atom. The van der Waals surface area contributed by atoms with Crippen LogP contribution in [0.1, 0.15) is 5.56 Å². The zero-order valence-corrected chi connectivity index (χ0v) is 10.3. The molecule has 0 aliphatic carbocycles. The second kappa shape index (κ2) is 5.54. The van der Waals surface area contributed by atoms with Gasteiger partial charge in [0.25, 0.3) is 0 Å². The van der Waals surface area contributed by atoms with Gasteiger partial charge in [-0.05, 0) is 35.4 Å². The molecular weight excluding hydrogens is 222 g/mol. The van der Waals surface area contributed by atoms with Crippen LogP contribution in [-0.4, -0.2) is 18.8 Å². The van der Waals surface area contributed by atoms with Crippen molar-refractivity contribution in [3.63, 3.8) is 0 Å². The Balaban J connectivity index is 2.02. The van der Waals surface area contributed by atoms with Gasteiger partial charge in [-0.1, -0.05) is 18.2 Å². The summed E-state index contributed by atoms with van der Waals surface area (Å²) in [4.78, 5) is 0. The molecule has 1 N–H and O–H groups in total. The predicted molar refractivity (Wildman–Crippen MR) is 72.3 cm³/mol. The molecule has 0 radical (unpaired) electrons. The van der Waals surface area contributed by atoms with E-state index in [-0.39, 0.29) is 0 Å². The van der Waals surface area contributed by atoms with E-state index in [1.165, 1.54) is 15.6 Å². The molecule has 1 aromatic carbocycles. The molecule has 0 amide bonds. The van der Waals surface area contributed by atoms with E-state index in [1.54, 1.807) is 0 Å². The average molecular weight is 237 g/mol. The van der Waals surface area contributed by atoms with Crippen LogP contribution in [0.25, 0.3) is 10.1 Å². The zero-order valence-electron chi connectivity index (χ0n) is 8.57. The lowest BCUT2D eigenvalue weighted by molar-refractivity contribution is 0.724. The molecule has 0 unspecified atom stereocenters. The third kappa shape index (κ3) is 2.74. The number of rotatable bonds is 5. The fourth-order valence-corrected chi connectivity index (χ4v) is 2.81. The summed E-state index contributed by atoms with van der Waals surface area (Å²) in [5.74, 6) is 0.907. The molecule has 0 fully saturated rings. The summed E-state index contributed by atoms with van der Waals surface area (Å²) in [6.07, 6.45) is 1.11. The lowest BCUT2D eigenvalue weighted by Gasteiger charge is -2.01. The lowest BCUT2D eigenvalue weighted by Crippen LogP contribution is -2.19. The first kappa shape index (κ1) is 11.0. The minimum atomic E-state index is 0.907. The van der Waals surface area contributed by atoms with Crippen LogP contribution < -0.4 is 5.32 Å². The predicted octanol–water partition coefficient (Wildman–Crippen LogP) is 2.96. The van der Waals surface area contributed by atoms with Crippen molar-refractivity contribution in [2.24, 2.45) is 0 Å². The maximum atomic E-state index is 4.17. The van der Waals surface area contributed by atoms with Gasteiger partial charge in [-0.15, -0.1) is 11.3 Å². The van der Waals surface area contributed by atoms with Crippen LogP contribution in [-0.2, 0) is 6.42 Å². The van der Waals surface area contributed by atoms with Crippen LogP contribution >= 0.6 is 24.0 Å². The van der Waals surface area contributed by atoms with Gasteiger partial charge in [-0.3, -0.25) is 0 Å². The van der Waals surface area contributed by atoms with E-state index in [2.05, 4.69) is 47.6 Å². The quantitative estimate of drug-likeness (QED) is 0.602. The minimum absolute atomic E-state index is 0.907. The Bertz CT molecular complexity index is 422. The standard InChI is InChI=1S/C12H15NS2/c14-8-7-13-6-5-10-9-15-12-4-2-1-3-11(10)12/h1-4,9,13-14H,5-8H2. The fourth-order valence-electron chi connectivity index (χ4n) is 1.65. The first-order chi connectivity index (χ1) is 7.42. The molecule has 80 valence electrons. The van der Waals surface area contributed by atoms with Crippen molar-refractivity contribution in [3.05, 3.63) is 35.2 Å². The van der Waals surface area contributed by atoms with E-state index in [1.807, 2.05) is 11.3 Å². The Hall–Kier alpha value is -0.510. The molecule has 1 aromatic heterocycles. The molecule has 2 rings (SSSR count). The molecule has 3 heteroatoms. The summed E-state index contributed by atoms with van der Waals surface area (Å²) in [6.45, 7) is 2.03. The molecular formula is C12H15NS2. The van der Waals surface area contributed by atoms with Crippen LogP contribution in [0.5, 0.6) is 0 Å². The van der Waals surface area contributed by atoms with E-state index < -0.39 is 0 Å². The summed E-state index contributed by atoms with van der Waals surface area (Å²) in [5, 5.41) is 7.05. The third-order valence-corrected chi connectivity index (χ3v) is 3.66. The van der Waals surface area contributed by atoms with Crippen molar-refractivity contribution < 1.29 is 0 Å². The first-order valence-corrected chi connectivity index (χ1v) is 6.69. The second-order valence-electron chi connectivity index (χ2n) is 3.48. The monoisotopic (exact) mass is 237 g/mol. The Morgan fingerprint density at radius 2 is 2.07 bits per heavy atom. The topological polar surface area (TPSA) is 12.0 Å². The molecule has 15 heavy (non-hydrogen) atoms. The molecule has 0 aliphatic heterocycles. The summed E-state index contributed by atoms with van der Waals surface area (Å²) in [5.41, 5.74) is 1.46. The van der Waals surface area contributed by atoms with E-state index in [9.17, 15) is 0 Å². The summed E-state index contributed by atoms with van der Waals surface area (Å²) in [7, 11) is 0. The molecule has 0 atom stereocenters. The number of nitrogens with one attached hydrogen (secondary N) is 1. The van der Waals surface area contributed by atoms with Gasteiger partial charge in [0.1, 0.15) is 0 Å². The number of hydrogen-bond donors (Lipinski definition) is 2. The fraction of sp³-hybridized carbons (Fsp3) is 0.333. The van der Waals surface area contributed by atoms with Crippen molar-refractivity contribution in [3.8, 4) is 0 Å². The van der Waals surface area contributed by atoms with Crippen LogP contribution in [0.3, 0.4) is 0 Å². The van der Waals surface area contributed by atoms with E-state index in [0.717, 1.165) is 25.3 Å². The van der Waals surface area contributed by atoms with Crippen molar-refractivity contribution >= 4 is 34.1 Å². The highest BCUT2D eigenvalue weighted by Crippen LogP contribution is 2.25. The van der Waals surface area contributed by atoms with Crippen LogP contribution in [0.15, 0.2) is 29.6 Å². The maximum absolute atomic E-state index is 4.17. The number of hydrogen-bond acceptors (Lipinski definition) is 3. The normalized spacial score (nSPS) is 11.0. The number of benzene rings is 1. The molecule has 0 aliphatic rings. The van der Waals surface area contributed by atoms with Gasteiger partial charge < -0.3 is 5.32 Å². The van der Waals surface area contributed by atoms with Gasteiger partial charge in [-0.2, -0.15) is 12.6 Å². The Kier molecular flexibility index (Phi) is 4.06. The van der Waals surface area contributed by atoms with Crippen LogP contribution in [0, 0.1) is 0 Å². The lowest BCUT2D eigenvalue weighted by atomic mass is 10.1. The van der Waals surface area contributed by atoms with Gasteiger partial charge in [0.2, 0.25) is 0 Å². The highest BCUT2D eigenvalue weighted by atomic mass is 32.1. The third-order valence-electron chi connectivity index (χ3n) is 2.42. The van der Waals surface area contributed by atoms with Gasteiger partial charge in [0, 0.05) is 17.0 Å². The SMILES string of the molecule is SCCNCCc1csc2ccccc12.